The molecule has 16 heavy (non-hydrogen) atoms. The zero-order valence-corrected chi connectivity index (χ0v) is 9.24. The molecule has 0 aliphatic rings. The summed E-state index contributed by atoms with van der Waals surface area (Å²) in [5.74, 6) is 0.0537. The summed E-state index contributed by atoms with van der Waals surface area (Å²) in [6.07, 6.45) is 0.923. The lowest BCUT2D eigenvalue weighted by Crippen LogP contribution is -2.00. The van der Waals surface area contributed by atoms with Crippen LogP contribution in [-0.4, -0.2) is 19.4 Å². The monoisotopic (exact) mass is 243 g/mol. The van der Waals surface area contributed by atoms with Gasteiger partial charge in [-0.25, -0.2) is 0 Å². The molecule has 88 valence electrons. The molecule has 1 rings (SSSR count). The number of hydrogen-bond acceptors (Lipinski definition) is 5. The van der Waals surface area contributed by atoms with Crippen LogP contribution in [0.15, 0.2) is 18.2 Å². The van der Waals surface area contributed by atoms with Crippen LogP contribution in [0.3, 0.4) is 0 Å². The van der Waals surface area contributed by atoms with E-state index in [9.17, 15) is 18.9 Å². The van der Waals surface area contributed by atoms with Gasteiger partial charge in [-0.15, -0.1) is 0 Å². The summed E-state index contributed by atoms with van der Waals surface area (Å²) in [6, 6.07) is 4.50. The van der Waals surface area contributed by atoms with Crippen LogP contribution in [0.4, 0.5) is 11.4 Å². The van der Waals surface area contributed by atoms with Gasteiger partial charge in [-0.2, -0.15) is 0 Å². The molecule has 1 unspecified atom stereocenters. The second-order valence-corrected chi connectivity index (χ2v) is 4.28. The Balaban J connectivity index is 2.71. The van der Waals surface area contributed by atoms with Gasteiger partial charge in [0.2, 0.25) is 0 Å². The SMILES string of the molecule is Nc1ccc(CCCS(=O)[O-])cc1[N+](=O)[O-]. The molecule has 0 saturated carbocycles. The van der Waals surface area contributed by atoms with E-state index in [0.717, 1.165) is 0 Å². The Bertz CT molecular complexity index is 422. The molecule has 0 aliphatic heterocycles. The van der Waals surface area contributed by atoms with Crippen LogP contribution in [0.2, 0.25) is 0 Å². The highest BCUT2D eigenvalue weighted by Gasteiger charge is 2.11. The molecule has 2 N–H and O–H groups in total. The van der Waals surface area contributed by atoms with Gasteiger partial charge in [0.25, 0.3) is 5.69 Å². The van der Waals surface area contributed by atoms with Gasteiger partial charge in [-0.3, -0.25) is 14.3 Å². The Kier molecular flexibility index (Phi) is 4.39. The predicted molar refractivity (Wildman–Crippen MR) is 59.6 cm³/mol. The average Bonchev–Trinajstić information content (AvgIpc) is 2.19. The molecule has 0 aromatic heterocycles. The lowest BCUT2D eigenvalue weighted by molar-refractivity contribution is -0.384. The van der Waals surface area contributed by atoms with Crippen molar-refractivity contribution < 1.29 is 13.7 Å². The van der Waals surface area contributed by atoms with E-state index in [2.05, 4.69) is 0 Å². The number of hydrogen-bond donors (Lipinski definition) is 1. The third kappa shape index (κ3) is 3.59. The average molecular weight is 243 g/mol. The molecule has 0 fully saturated rings. The van der Waals surface area contributed by atoms with E-state index in [1.54, 1.807) is 6.07 Å². The number of rotatable bonds is 5. The summed E-state index contributed by atoms with van der Waals surface area (Å²) in [5.41, 5.74) is 6.12. The van der Waals surface area contributed by atoms with Crippen molar-refractivity contribution in [3.05, 3.63) is 33.9 Å². The second-order valence-electron chi connectivity index (χ2n) is 3.26. The minimum Gasteiger partial charge on any atom is -0.772 e. The summed E-state index contributed by atoms with van der Waals surface area (Å²) >= 11 is -2.07. The van der Waals surface area contributed by atoms with Gasteiger partial charge >= 0.3 is 0 Å². The molecule has 1 aromatic rings. The van der Waals surface area contributed by atoms with Gasteiger partial charge in [0, 0.05) is 11.8 Å². The van der Waals surface area contributed by atoms with Crippen molar-refractivity contribution in [2.45, 2.75) is 12.8 Å². The van der Waals surface area contributed by atoms with Crippen molar-refractivity contribution in [3.63, 3.8) is 0 Å². The maximum Gasteiger partial charge on any atom is 0.292 e. The fraction of sp³-hybridized carbons (Fsp3) is 0.333. The molecule has 0 aliphatic carbocycles. The molecular formula is C9H11N2O4S-. The van der Waals surface area contributed by atoms with Crippen LogP contribution in [0, 0.1) is 10.1 Å². The van der Waals surface area contributed by atoms with Crippen molar-refractivity contribution in [1.29, 1.82) is 0 Å². The lowest BCUT2D eigenvalue weighted by Gasteiger charge is -2.05. The van der Waals surface area contributed by atoms with Crippen LogP contribution < -0.4 is 5.73 Å². The third-order valence-electron chi connectivity index (χ3n) is 2.07. The highest BCUT2D eigenvalue weighted by atomic mass is 32.2. The summed E-state index contributed by atoms with van der Waals surface area (Å²) in [5, 5.41) is 10.6. The maximum absolute atomic E-state index is 10.6. The van der Waals surface area contributed by atoms with Crippen molar-refractivity contribution >= 4 is 22.5 Å². The standard InChI is InChI=1S/C9H12N2O4S/c10-8-4-3-7(2-1-5-16(14)15)6-9(8)11(12)13/h3-4,6H,1-2,5,10H2,(H,14,15)/p-1. The Morgan fingerprint density at radius 2 is 2.12 bits per heavy atom. The van der Waals surface area contributed by atoms with Crippen molar-refractivity contribution in [2.24, 2.45) is 0 Å². The first kappa shape index (κ1) is 12.6. The fourth-order valence-corrected chi connectivity index (χ4v) is 1.68. The second kappa shape index (κ2) is 5.57. The molecule has 6 nitrogen and oxygen atoms in total. The Morgan fingerprint density at radius 1 is 1.44 bits per heavy atom. The van der Waals surface area contributed by atoms with Gasteiger partial charge in [-0.1, -0.05) is 17.1 Å². The van der Waals surface area contributed by atoms with E-state index >= 15 is 0 Å². The number of nitrogen functional groups attached to an aromatic ring is 1. The Labute approximate surface area is 94.9 Å². The number of anilines is 1. The van der Waals surface area contributed by atoms with E-state index in [1.807, 2.05) is 0 Å². The van der Waals surface area contributed by atoms with Crippen molar-refractivity contribution in [2.75, 3.05) is 11.5 Å². The molecule has 1 atom stereocenters. The number of nitrogens with zero attached hydrogens (tertiary/aromatic N) is 1. The minimum absolute atomic E-state index is 0.0537. The van der Waals surface area contributed by atoms with Gasteiger partial charge < -0.3 is 10.3 Å². The molecule has 7 heteroatoms. The van der Waals surface area contributed by atoms with Crippen molar-refractivity contribution in [3.8, 4) is 0 Å². The minimum atomic E-state index is -2.07. The van der Waals surface area contributed by atoms with E-state index in [0.29, 0.717) is 18.4 Å². The molecule has 0 radical (unpaired) electrons. The van der Waals surface area contributed by atoms with Gasteiger partial charge in [0.15, 0.2) is 0 Å². The third-order valence-corrected chi connectivity index (χ3v) is 2.69. The molecule has 0 bridgehead atoms. The summed E-state index contributed by atoms with van der Waals surface area (Å²) in [7, 11) is 0. The Hall–Kier alpha value is -1.47. The quantitative estimate of drug-likeness (QED) is 0.359. The largest absolute Gasteiger partial charge is 0.772 e. The highest BCUT2D eigenvalue weighted by Crippen LogP contribution is 2.22. The van der Waals surface area contributed by atoms with Gasteiger partial charge in [0.1, 0.15) is 5.69 Å². The normalized spacial score (nSPS) is 12.3. The van der Waals surface area contributed by atoms with Crippen LogP contribution in [0.1, 0.15) is 12.0 Å². The smallest absolute Gasteiger partial charge is 0.292 e. The van der Waals surface area contributed by atoms with Crippen molar-refractivity contribution in [1.82, 2.24) is 0 Å². The molecule has 0 amide bonds. The zero-order chi connectivity index (χ0) is 12.1. The van der Waals surface area contributed by atoms with Crippen LogP contribution in [0.25, 0.3) is 0 Å². The molecule has 0 saturated heterocycles. The Morgan fingerprint density at radius 3 is 2.69 bits per heavy atom. The first-order valence-corrected chi connectivity index (χ1v) is 5.84. The predicted octanol–water partition coefficient (Wildman–Crippen LogP) is 0.989. The number of nitrogens with two attached hydrogens (primary N) is 1. The van der Waals surface area contributed by atoms with Gasteiger partial charge in [0.05, 0.1) is 4.92 Å². The molecule has 0 spiro atoms. The number of aryl methyl sites for hydroxylation is 1. The molecule has 1 aromatic carbocycles. The topological polar surface area (TPSA) is 109 Å². The zero-order valence-electron chi connectivity index (χ0n) is 8.42. The van der Waals surface area contributed by atoms with Gasteiger partial charge in [-0.05, 0) is 24.5 Å². The maximum atomic E-state index is 10.6. The summed E-state index contributed by atoms with van der Waals surface area (Å²) in [4.78, 5) is 10.0. The van der Waals surface area contributed by atoms with Crippen LogP contribution in [-0.2, 0) is 17.5 Å². The fourth-order valence-electron chi connectivity index (χ4n) is 1.30. The van der Waals surface area contributed by atoms with E-state index in [-0.39, 0.29) is 17.1 Å². The summed E-state index contributed by atoms with van der Waals surface area (Å²) in [6.45, 7) is 0. The summed E-state index contributed by atoms with van der Waals surface area (Å²) < 4.78 is 20.6. The lowest BCUT2D eigenvalue weighted by atomic mass is 10.1. The van der Waals surface area contributed by atoms with E-state index in [4.69, 9.17) is 5.73 Å². The van der Waals surface area contributed by atoms with E-state index < -0.39 is 16.0 Å². The molecule has 0 heterocycles. The highest BCUT2D eigenvalue weighted by molar-refractivity contribution is 7.79. The molecular weight excluding hydrogens is 232 g/mol. The first-order chi connectivity index (χ1) is 7.50. The number of nitro benzene ring substituents is 1. The van der Waals surface area contributed by atoms with Crippen LogP contribution in [0.5, 0.6) is 0 Å². The van der Waals surface area contributed by atoms with E-state index in [1.165, 1.54) is 12.1 Å². The first-order valence-electron chi connectivity index (χ1n) is 4.59. The van der Waals surface area contributed by atoms with Crippen LogP contribution >= 0.6 is 0 Å². The number of benzene rings is 1. The number of nitro groups is 1.